The second kappa shape index (κ2) is 12.7. The lowest BCUT2D eigenvalue weighted by molar-refractivity contribution is -0.133. The highest BCUT2D eigenvalue weighted by molar-refractivity contribution is 5.98. The number of fused-ring (bicyclic) bond motifs is 1. The number of carbonyl (C=O) groups is 2. The molecule has 0 unspecified atom stereocenters. The van der Waals surface area contributed by atoms with Gasteiger partial charge in [0.15, 0.2) is 0 Å². The number of nitrogens with zero attached hydrogens (tertiary/aromatic N) is 3. The number of imide groups is 1. The Morgan fingerprint density at radius 1 is 1.00 bits per heavy atom. The highest BCUT2D eigenvalue weighted by Crippen LogP contribution is 2.38. The van der Waals surface area contributed by atoms with Gasteiger partial charge >= 0.3 is 0 Å². The van der Waals surface area contributed by atoms with Gasteiger partial charge in [0.2, 0.25) is 11.8 Å². The second-order valence-corrected chi connectivity index (χ2v) is 10.2. The maximum atomic E-state index is 13.1. The van der Waals surface area contributed by atoms with E-state index in [4.69, 9.17) is 4.98 Å². The van der Waals surface area contributed by atoms with Crippen LogP contribution < -0.4 is 10.6 Å². The molecular formula is C31H35N5O3. The first-order valence-electron chi connectivity index (χ1n) is 13.7. The molecule has 2 heterocycles. The summed E-state index contributed by atoms with van der Waals surface area (Å²) in [5, 5.41) is 14.9. The van der Waals surface area contributed by atoms with E-state index in [9.17, 15) is 14.7 Å². The zero-order chi connectivity index (χ0) is 27.0. The Morgan fingerprint density at radius 2 is 1.82 bits per heavy atom. The number of anilines is 1. The number of aliphatic hydroxyl groups excluding tert-OH is 1. The molecule has 0 spiro atoms. The van der Waals surface area contributed by atoms with Gasteiger partial charge in [-0.05, 0) is 60.6 Å². The van der Waals surface area contributed by atoms with Gasteiger partial charge in [0, 0.05) is 37.9 Å². The highest BCUT2D eigenvalue weighted by Gasteiger charge is 2.32. The Morgan fingerprint density at radius 3 is 2.62 bits per heavy atom. The number of imidazole rings is 1. The molecule has 0 bridgehead atoms. The van der Waals surface area contributed by atoms with Gasteiger partial charge in [-0.3, -0.25) is 19.9 Å². The molecular weight excluding hydrogens is 490 g/mol. The van der Waals surface area contributed by atoms with Gasteiger partial charge in [-0.15, -0.1) is 0 Å². The number of pyridine rings is 1. The van der Waals surface area contributed by atoms with Crippen LogP contribution in [-0.4, -0.2) is 44.6 Å². The van der Waals surface area contributed by atoms with Crippen LogP contribution in [0.2, 0.25) is 0 Å². The first kappa shape index (κ1) is 26.6. The van der Waals surface area contributed by atoms with Gasteiger partial charge in [-0.2, -0.15) is 0 Å². The summed E-state index contributed by atoms with van der Waals surface area (Å²) >= 11 is 0. The smallest absolute Gasteiger partial charge is 0.245 e. The van der Waals surface area contributed by atoms with Gasteiger partial charge < -0.3 is 15.0 Å². The largest absolute Gasteiger partial charge is 0.396 e. The average molecular weight is 526 g/mol. The second-order valence-electron chi connectivity index (χ2n) is 10.2. The lowest BCUT2D eigenvalue weighted by Crippen LogP contribution is -2.41. The topological polar surface area (TPSA) is 109 Å². The fourth-order valence-corrected chi connectivity index (χ4v) is 5.55. The lowest BCUT2D eigenvalue weighted by Gasteiger charge is -2.31. The minimum Gasteiger partial charge on any atom is -0.396 e. The Bertz CT molecular complexity index is 1400. The lowest BCUT2D eigenvalue weighted by atomic mass is 9.75. The fraction of sp³-hybridized carbons (Fsp3) is 0.355. The number of amides is 2. The minimum absolute atomic E-state index is 0.0206. The molecule has 5 rings (SSSR count). The van der Waals surface area contributed by atoms with Crippen LogP contribution in [0.1, 0.15) is 55.0 Å². The monoisotopic (exact) mass is 525 g/mol. The van der Waals surface area contributed by atoms with Gasteiger partial charge in [0.25, 0.3) is 0 Å². The van der Waals surface area contributed by atoms with Crippen LogP contribution in [0.3, 0.4) is 0 Å². The van der Waals surface area contributed by atoms with Crippen LogP contribution in [0.4, 0.5) is 5.69 Å². The molecule has 39 heavy (non-hydrogen) atoms. The van der Waals surface area contributed by atoms with E-state index in [1.807, 2.05) is 24.3 Å². The molecule has 0 radical (unpaired) electrons. The molecule has 202 valence electrons. The molecule has 2 aromatic heterocycles. The summed E-state index contributed by atoms with van der Waals surface area (Å²) in [6.07, 6.45) is 8.46. The summed E-state index contributed by atoms with van der Waals surface area (Å²) in [6.45, 7) is 0.849. The van der Waals surface area contributed by atoms with Crippen molar-refractivity contribution in [3.8, 4) is 0 Å². The number of para-hydroxylation sites is 2. The van der Waals surface area contributed by atoms with Crippen molar-refractivity contribution in [1.82, 2.24) is 19.9 Å². The summed E-state index contributed by atoms with van der Waals surface area (Å²) in [4.78, 5) is 34.4. The van der Waals surface area contributed by atoms with Crippen molar-refractivity contribution < 1.29 is 14.7 Å². The summed E-state index contributed by atoms with van der Waals surface area (Å²) < 4.78 is 2.22. The number of nitrogens with one attached hydrogen (secondary N) is 2. The van der Waals surface area contributed by atoms with E-state index in [2.05, 4.69) is 50.5 Å². The molecule has 2 amide bonds. The van der Waals surface area contributed by atoms with Gasteiger partial charge in [-0.1, -0.05) is 49.2 Å². The van der Waals surface area contributed by atoms with E-state index < -0.39 is 0 Å². The minimum atomic E-state index is -0.340. The standard InChI is InChI=1S/C31H35N5O3/c37-18-6-12-29-34-27-10-3-4-11-28(27)36(29)21-22-13-15-23(16-14-22)25-8-1-2-9-26(25)31(39)35-30(38)20-33-24-7-5-17-32-19-24/h3-5,7,10-11,13-17,19,25-26,33,37H,1-2,6,8-9,12,18,20-21H2,(H,35,38,39)/t25-,26-/m0/s1. The van der Waals surface area contributed by atoms with Crippen LogP contribution in [0.5, 0.6) is 0 Å². The Kier molecular flexibility index (Phi) is 8.63. The van der Waals surface area contributed by atoms with Crippen molar-refractivity contribution in [2.24, 2.45) is 5.92 Å². The third-order valence-electron chi connectivity index (χ3n) is 7.52. The van der Waals surface area contributed by atoms with Crippen LogP contribution in [0.15, 0.2) is 73.1 Å². The quantitative estimate of drug-likeness (QED) is 0.283. The first-order chi connectivity index (χ1) is 19.1. The molecule has 4 aromatic rings. The maximum Gasteiger partial charge on any atom is 0.245 e. The van der Waals surface area contributed by atoms with Crippen LogP contribution in [0.25, 0.3) is 11.0 Å². The normalized spacial score (nSPS) is 17.2. The number of carbonyl (C=O) groups excluding carboxylic acids is 2. The predicted molar refractivity (Wildman–Crippen MR) is 151 cm³/mol. The zero-order valence-corrected chi connectivity index (χ0v) is 22.1. The third kappa shape index (κ3) is 6.52. The van der Waals surface area contributed by atoms with Gasteiger partial charge in [-0.25, -0.2) is 4.98 Å². The molecule has 1 saturated carbocycles. The highest BCUT2D eigenvalue weighted by atomic mass is 16.3. The first-order valence-corrected chi connectivity index (χ1v) is 13.7. The summed E-state index contributed by atoms with van der Waals surface area (Å²) in [5.41, 5.74) is 5.07. The number of hydrogen-bond donors (Lipinski definition) is 3. The van der Waals surface area contributed by atoms with E-state index in [-0.39, 0.29) is 36.8 Å². The molecule has 8 nitrogen and oxygen atoms in total. The van der Waals surface area contributed by atoms with E-state index in [0.29, 0.717) is 13.0 Å². The predicted octanol–water partition coefficient (Wildman–Crippen LogP) is 4.43. The molecule has 2 atom stereocenters. The number of benzene rings is 2. The van der Waals surface area contributed by atoms with Crippen molar-refractivity contribution in [3.63, 3.8) is 0 Å². The van der Waals surface area contributed by atoms with Gasteiger partial charge in [0.1, 0.15) is 5.82 Å². The van der Waals surface area contributed by atoms with Crippen molar-refractivity contribution in [2.45, 2.75) is 51.0 Å². The fourth-order valence-electron chi connectivity index (χ4n) is 5.55. The molecule has 1 aliphatic rings. The van der Waals surface area contributed by atoms with Crippen molar-refractivity contribution in [3.05, 3.63) is 90.0 Å². The third-order valence-corrected chi connectivity index (χ3v) is 7.52. The van der Waals surface area contributed by atoms with E-state index in [1.165, 1.54) is 0 Å². The van der Waals surface area contributed by atoms with Gasteiger partial charge in [0.05, 0.1) is 23.3 Å². The molecule has 0 saturated heterocycles. The number of aromatic nitrogens is 3. The van der Waals surface area contributed by atoms with Crippen molar-refractivity contribution >= 4 is 28.5 Å². The van der Waals surface area contributed by atoms with E-state index in [1.54, 1.807) is 18.5 Å². The van der Waals surface area contributed by atoms with E-state index >= 15 is 0 Å². The molecule has 1 fully saturated rings. The Hall–Kier alpha value is -4.04. The van der Waals surface area contributed by atoms with Crippen LogP contribution in [0, 0.1) is 5.92 Å². The molecule has 8 heteroatoms. The molecule has 0 aliphatic heterocycles. The number of aryl methyl sites for hydroxylation is 1. The van der Waals surface area contributed by atoms with Crippen molar-refractivity contribution in [1.29, 1.82) is 0 Å². The van der Waals surface area contributed by atoms with E-state index in [0.717, 1.165) is 65.8 Å². The summed E-state index contributed by atoms with van der Waals surface area (Å²) in [7, 11) is 0. The van der Waals surface area contributed by atoms with Crippen molar-refractivity contribution in [2.75, 3.05) is 18.5 Å². The number of aliphatic hydroxyl groups is 1. The molecule has 3 N–H and O–H groups in total. The average Bonchev–Trinajstić information content (AvgIpc) is 3.33. The summed E-state index contributed by atoms with van der Waals surface area (Å²) in [5.74, 6) is 0.296. The molecule has 2 aromatic carbocycles. The number of hydrogen-bond acceptors (Lipinski definition) is 6. The molecule has 1 aliphatic carbocycles. The zero-order valence-electron chi connectivity index (χ0n) is 22.1. The maximum absolute atomic E-state index is 13.1. The van der Waals surface area contributed by atoms with Crippen LogP contribution >= 0.6 is 0 Å². The SMILES string of the molecule is O=C(CNc1cccnc1)NC(=O)[C@H]1CCCC[C@H]1c1ccc(Cn2c(CCCO)nc3ccccc32)cc1. The number of rotatable bonds is 10. The summed E-state index contributed by atoms with van der Waals surface area (Å²) in [6, 6.07) is 20.3. The van der Waals surface area contributed by atoms with Crippen LogP contribution in [-0.2, 0) is 22.6 Å². The Labute approximate surface area is 228 Å². The Balaban J connectivity index is 1.25.